The number of aromatic carboxylic acids is 1. The summed E-state index contributed by atoms with van der Waals surface area (Å²) in [6.45, 7) is 1.83. The van der Waals surface area contributed by atoms with Gasteiger partial charge in [-0.2, -0.15) is 0 Å². The van der Waals surface area contributed by atoms with Crippen molar-refractivity contribution < 1.29 is 9.90 Å². The van der Waals surface area contributed by atoms with Gasteiger partial charge in [-0.1, -0.05) is 12.1 Å². The maximum absolute atomic E-state index is 10.8. The molecule has 0 aliphatic heterocycles. The molecule has 0 saturated heterocycles. The van der Waals surface area contributed by atoms with Crippen molar-refractivity contribution in [2.24, 2.45) is 0 Å². The van der Waals surface area contributed by atoms with E-state index in [4.69, 9.17) is 5.11 Å². The van der Waals surface area contributed by atoms with Gasteiger partial charge in [-0.15, -0.1) is 0 Å². The van der Waals surface area contributed by atoms with E-state index in [1.54, 1.807) is 24.4 Å². The second kappa shape index (κ2) is 4.74. The number of carboxylic acid groups (broad SMARTS) is 1. The van der Waals surface area contributed by atoms with Gasteiger partial charge in [0, 0.05) is 18.3 Å². The van der Waals surface area contributed by atoms with E-state index in [2.05, 4.69) is 9.97 Å². The fourth-order valence-electron chi connectivity index (χ4n) is 1.63. The molecule has 86 valence electrons. The molecule has 2 rings (SSSR count). The van der Waals surface area contributed by atoms with Gasteiger partial charge in [0.15, 0.2) is 0 Å². The Kier molecular flexibility index (Phi) is 3.14. The smallest absolute Gasteiger partial charge is 0.335 e. The molecule has 0 fully saturated rings. The number of carbonyl (C=O) groups is 1. The van der Waals surface area contributed by atoms with Crippen LogP contribution in [-0.4, -0.2) is 21.0 Å². The van der Waals surface area contributed by atoms with E-state index < -0.39 is 5.97 Å². The first-order valence-electron chi connectivity index (χ1n) is 5.26. The van der Waals surface area contributed by atoms with E-state index in [1.165, 1.54) is 0 Å². The zero-order chi connectivity index (χ0) is 12.3. The number of aryl methyl sites for hydroxylation is 1. The quantitative estimate of drug-likeness (QED) is 0.873. The number of aromatic nitrogens is 2. The Morgan fingerprint density at radius 3 is 2.88 bits per heavy atom. The maximum atomic E-state index is 10.8. The normalized spacial score (nSPS) is 10.2. The van der Waals surface area contributed by atoms with Gasteiger partial charge in [-0.25, -0.2) is 14.8 Å². The second-order valence-corrected chi connectivity index (χ2v) is 3.78. The van der Waals surface area contributed by atoms with Gasteiger partial charge in [0.05, 0.1) is 5.56 Å². The fraction of sp³-hybridized carbons (Fsp3) is 0.154. The van der Waals surface area contributed by atoms with Crippen molar-refractivity contribution >= 4 is 5.97 Å². The summed E-state index contributed by atoms with van der Waals surface area (Å²) >= 11 is 0. The molecule has 2 aromatic rings. The van der Waals surface area contributed by atoms with Gasteiger partial charge in [0.25, 0.3) is 0 Å². The van der Waals surface area contributed by atoms with Gasteiger partial charge in [-0.05, 0) is 30.7 Å². The molecule has 0 saturated carbocycles. The summed E-state index contributed by atoms with van der Waals surface area (Å²) in [5, 5.41) is 8.89. The Morgan fingerprint density at radius 2 is 2.18 bits per heavy atom. The van der Waals surface area contributed by atoms with Gasteiger partial charge in [0.1, 0.15) is 5.82 Å². The highest BCUT2D eigenvalue weighted by molar-refractivity contribution is 5.87. The van der Waals surface area contributed by atoms with Gasteiger partial charge >= 0.3 is 5.97 Å². The van der Waals surface area contributed by atoms with E-state index >= 15 is 0 Å². The molecule has 1 aromatic heterocycles. The molecule has 0 spiro atoms. The Bertz CT molecular complexity index is 553. The lowest BCUT2D eigenvalue weighted by Gasteiger charge is -2.03. The standard InChI is InChI=1S/C13H12N2O2/c1-9-14-6-5-12(15-9)8-10-3-2-4-11(7-10)13(16)17/h2-7H,8H2,1H3,(H,16,17). The number of carboxylic acids is 1. The van der Waals surface area contributed by atoms with E-state index in [9.17, 15) is 4.79 Å². The lowest BCUT2D eigenvalue weighted by Crippen LogP contribution is -1.99. The molecular formula is C13H12N2O2. The van der Waals surface area contributed by atoms with Crippen molar-refractivity contribution in [2.75, 3.05) is 0 Å². The predicted molar refractivity (Wildman–Crippen MR) is 63.0 cm³/mol. The molecule has 0 unspecified atom stereocenters. The molecule has 1 N–H and O–H groups in total. The zero-order valence-corrected chi connectivity index (χ0v) is 9.42. The average Bonchev–Trinajstić information content (AvgIpc) is 2.29. The van der Waals surface area contributed by atoms with Crippen molar-refractivity contribution in [3.8, 4) is 0 Å². The Balaban J connectivity index is 2.24. The van der Waals surface area contributed by atoms with Crippen LogP contribution >= 0.6 is 0 Å². The van der Waals surface area contributed by atoms with Crippen LogP contribution in [0.5, 0.6) is 0 Å². The van der Waals surface area contributed by atoms with Crippen LogP contribution in [0.25, 0.3) is 0 Å². The Morgan fingerprint density at radius 1 is 1.35 bits per heavy atom. The number of hydrogen-bond donors (Lipinski definition) is 1. The minimum absolute atomic E-state index is 0.299. The van der Waals surface area contributed by atoms with E-state index in [0.717, 1.165) is 17.1 Å². The predicted octanol–water partition coefficient (Wildman–Crippen LogP) is 2.07. The number of benzene rings is 1. The number of hydrogen-bond acceptors (Lipinski definition) is 3. The topological polar surface area (TPSA) is 63.1 Å². The third-order valence-corrected chi connectivity index (χ3v) is 2.39. The first-order valence-corrected chi connectivity index (χ1v) is 5.26. The van der Waals surface area contributed by atoms with Crippen LogP contribution in [0.1, 0.15) is 27.4 Å². The van der Waals surface area contributed by atoms with E-state index in [0.29, 0.717) is 12.0 Å². The molecule has 17 heavy (non-hydrogen) atoms. The highest BCUT2D eigenvalue weighted by Gasteiger charge is 2.04. The lowest BCUT2D eigenvalue weighted by molar-refractivity contribution is 0.0697. The largest absolute Gasteiger partial charge is 0.478 e. The SMILES string of the molecule is Cc1nccc(Cc2cccc(C(=O)O)c2)n1. The molecule has 0 radical (unpaired) electrons. The van der Waals surface area contributed by atoms with Crippen LogP contribution in [-0.2, 0) is 6.42 Å². The summed E-state index contributed by atoms with van der Waals surface area (Å²) in [4.78, 5) is 19.1. The van der Waals surface area contributed by atoms with Gasteiger partial charge < -0.3 is 5.11 Å². The van der Waals surface area contributed by atoms with E-state index in [-0.39, 0.29) is 0 Å². The van der Waals surface area contributed by atoms with E-state index in [1.807, 2.05) is 19.1 Å². The summed E-state index contributed by atoms with van der Waals surface area (Å²) in [6.07, 6.45) is 2.32. The minimum atomic E-state index is -0.911. The molecule has 4 nitrogen and oxygen atoms in total. The molecular weight excluding hydrogens is 216 g/mol. The first kappa shape index (κ1) is 11.3. The second-order valence-electron chi connectivity index (χ2n) is 3.78. The molecule has 0 aliphatic carbocycles. The van der Waals surface area contributed by atoms with Crippen LogP contribution in [0.2, 0.25) is 0 Å². The Labute approximate surface area is 99.0 Å². The molecule has 1 aromatic carbocycles. The van der Waals surface area contributed by atoms with Crippen LogP contribution in [0, 0.1) is 6.92 Å². The monoisotopic (exact) mass is 228 g/mol. The summed E-state index contributed by atoms with van der Waals surface area (Å²) in [5.41, 5.74) is 2.12. The molecule has 4 heteroatoms. The van der Waals surface area contributed by atoms with Crippen molar-refractivity contribution in [3.63, 3.8) is 0 Å². The highest BCUT2D eigenvalue weighted by Crippen LogP contribution is 2.10. The zero-order valence-electron chi connectivity index (χ0n) is 9.42. The summed E-state index contributed by atoms with van der Waals surface area (Å²) in [5.74, 6) is -0.192. The summed E-state index contributed by atoms with van der Waals surface area (Å²) in [7, 11) is 0. The number of nitrogens with zero attached hydrogens (tertiary/aromatic N) is 2. The lowest BCUT2D eigenvalue weighted by atomic mass is 10.1. The highest BCUT2D eigenvalue weighted by atomic mass is 16.4. The van der Waals surface area contributed by atoms with Crippen LogP contribution < -0.4 is 0 Å². The van der Waals surface area contributed by atoms with Gasteiger partial charge in [0.2, 0.25) is 0 Å². The molecule has 0 aliphatic rings. The Hall–Kier alpha value is -2.23. The number of rotatable bonds is 3. The fourth-order valence-corrected chi connectivity index (χ4v) is 1.63. The first-order chi connectivity index (χ1) is 8.15. The van der Waals surface area contributed by atoms with Gasteiger partial charge in [-0.3, -0.25) is 0 Å². The van der Waals surface area contributed by atoms with Crippen LogP contribution in [0.15, 0.2) is 36.5 Å². The van der Waals surface area contributed by atoms with Crippen LogP contribution in [0.4, 0.5) is 0 Å². The third kappa shape index (κ3) is 2.87. The van der Waals surface area contributed by atoms with Crippen molar-refractivity contribution in [1.29, 1.82) is 0 Å². The van der Waals surface area contributed by atoms with Crippen LogP contribution in [0.3, 0.4) is 0 Å². The maximum Gasteiger partial charge on any atom is 0.335 e. The molecule has 1 heterocycles. The molecule has 0 amide bonds. The summed E-state index contributed by atoms with van der Waals surface area (Å²) < 4.78 is 0. The minimum Gasteiger partial charge on any atom is -0.478 e. The van der Waals surface area contributed by atoms with Crippen molar-refractivity contribution in [2.45, 2.75) is 13.3 Å². The third-order valence-electron chi connectivity index (χ3n) is 2.39. The molecule has 0 atom stereocenters. The van der Waals surface area contributed by atoms with Crippen molar-refractivity contribution in [3.05, 3.63) is 59.2 Å². The summed E-state index contributed by atoms with van der Waals surface area (Å²) in [6, 6.07) is 8.72. The average molecular weight is 228 g/mol. The molecule has 0 bridgehead atoms. The van der Waals surface area contributed by atoms with Crippen molar-refractivity contribution in [1.82, 2.24) is 9.97 Å².